The SMILES string of the molecule is NC(=O)NCCCC(NC(=O)O)C(=O)Nc1ccc(CO)cc1. The summed E-state index contributed by atoms with van der Waals surface area (Å²) in [5, 5.41) is 24.8. The molecular formula is C14H20N4O5. The molecule has 9 nitrogen and oxygen atoms in total. The third kappa shape index (κ3) is 7.14. The van der Waals surface area contributed by atoms with Gasteiger partial charge in [-0.1, -0.05) is 12.1 Å². The Balaban J connectivity index is 2.59. The number of aliphatic hydroxyl groups is 1. The first kappa shape index (κ1) is 18.2. The van der Waals surface area contributed by atoms with E-state index in [1.807, 2.05) is 0 Å². The molecule has 0 aliphatic rings. The zero-order valence-electron chi connectivity index (χ0n) is 12.4. The van der Waals surface area contributed by atoms with Gasteiger partial charge in [-0.15, -0.1) is 0 Å². The molecule has 4 amide bonds. The van der Waals surface area contributed by atoms with Gasteiger partial charge in [0.1, 0.15) is 6.04 Å². The van der Waals surface area contributed by atoms with Gasteiger partial charge >= 0.3 is 12.1 Å². The summed E-state index contributed by atoms with van der Waals surface area (Å²) in [6.07, 6.45) is -0.735. The van der Waals surface area contributed by atoms with E-state index in [1.165, 1.54) is 0 Å². The van der Waals surface area contributed by atoms with Gasteiger partial charge in [-0.3, -0.25) is 4.79 Å². The molecule has 126 valence electrons. The number of primary amides is 1. The van der Waals surface area contributed by atoms with Crippen molar-refractivity contribution in [3.05, 3.63) is 29.8 Å². The van der Waals surface area contributed by atoms with E-state index in [0.717, 1.165) is 0 Å². The van der Waals surface area contributed by atoms with E-state index in [-0.39, 0.29) is 19.6 Å². The molecule has 1 aromatic carbocycles. The number of benzene rings is 1. The Labute approximate surface area is 132 Å². The lowest BCUT2D eigenvalue weighted by Crippen LogP contribution is -2.43. The average molecular weight is 324 g/mol. The van der Waals surface area contributed by atoms with Crippen molar-refractivity contribution in [3.8, 4) is 0 Å². The van der Waals surface area contributed by atoms with E-state index >= 15 is 0 Å². The number of carboxylic acid groups (broad SMARTS) is 1. The van der Waals surface area contributed by atoms with Crippen LogP contribution < -0.4 is 21.7 Å². The minimum Gasteiger partial charge on any atom is -0.465 e. The maximum absolute atomic E-state index is 12.1. The molecule has 1 rings (SSSR count). The highest BCUT2D eigenvalue weighted by molar-refractivity contribution is 5.96. The molecule has 0 aromatic heterocycles. The molecule has 0 aliphatic heterocycles. The number of carbonyl (C=O) groups excluding carboxylic acids is 2. The van der Waals surface area contributed by atoms with Crippen molar-refractivity contribution < 1.29 is 24.6 Å². The first-order valence-electron chi connectivity index (χ1n) is 6.95. The van der Waals surface area contributed by atoms with Crippen molar-refractivity contribution in [2.45, 2.75) is 25.5 Å². The largest absolute Gasteiger partial charge is 0.465 e. The summed E-state index contributed by atoms with van der Waals surface area (Å²) < 4.78 is 0. The van der Waals surface area contributed by atoms with E-state index < -0.39 is 24.1 Å². The van der Waals surface area contributed by atoms with Crippen LogP contribution in [-0.4, -0.2) is 40.8 Å². The molecule has 1 atom stereocenters. The molecule has 1 unspecified atom stereocenters. The van der Waals surface area contributed by atoms with Gasteiger partial charge in [0.15, 0.2) is 0 Å². The molecule has 0 fully saturated rings. The summed E-state index contributed by atoms with van der Waals surface area (Å²) in [4.78, 5) is 33.5. The van der Waals surface area contributed by atoms with E-state index in [9.17, 15) is 14.4 Å². The summed E-state index contributed by atoms with van der Waals surface area (Å²) in [6.45, 7) is 0.135. The Bertz CT molecular complexity index is 547. The van der Waals surface area contributed by atoms with Crippen LogP contribution in [0, 0.1) is 0 Å². The van der Waals surface area contributed by atoms with Gasteiger partial charge in [-0.25, -0.2) is 9.59 Å². The van der Waals surface area contributed by atoms with Crippen LogP contribution in [0.15, 0.2) is 24.3 Å². The van der Waals surface area contributed by atoms with Crippen molar-refractivity contribution in [1.29, 1.82) is 0 Å². The summed E-state index contributed by atoms with van der Waals surface area (Å²) >= 11 is 0. The van der Waals surface area contributed by atoms with E-state index in [0.29, 0.717) is 17.7 Å². The lowest BCUT2D eigenvalue weighted by molar-refractivity contribution is -0.118. The molecule has 9 heteroatoms. The first-order valence-corrected chi connectivity index (χ1v) is 6.95. The molecule has 0 bridgehead atoms. The molecule has 0 aliphatic carbocycles. The normalized spacial score (nSPS) is 11.3. The van der Waals surface area contributed by atoms with Crippen LogP contribution in [0.2, 0.25) is 0 Å². The summed E-state index contributed by atoms with van der Waals surface area (Å²) in [5.41, 5.74) is 6.10. The zero-order valence-corrected chi connectivity index (χ0v) is 12.4. The number of aliphatic hydroxyl groups excluding tert-OH is 1. The maximum atomic E-state index is 12.1. The third-order valence-corrected chi connectivity index (χ3v) is 2.99. The van der Waals surface area contributed by atoms with Gasteiger partial charge in [0.05, 0.1) is 6.61 Å². The zero-order chi connectivity index (χ0) is 17.2. The molecule has 7 N–H and O–H groups in total. The number of nitrogens with one attached hydrogen (secondary N) is 3. The topological polar surface area (TPSA) is 154 Å². The highest BCUT2D eigenvalue weighted by Gasteiger charge is 2.20. The first-order chi connectivity index (χ1) is 10.9. The van der Waals surface area contributed by atoms with Crippen LogP contribution in [-0.2, 0) is 11.4 Å². The highest BCUT2D eigenvalue weighted by Crippen LogP contribution is 2.11. The van der Waals surface area contributed by atoms with Gasteiger partial charge in [0, 0.05) is 12.2 Å². The minimum absolute atomic E-state index is 0.107. The van der Waals surface area contributed by atoms with Crippen molar-refractivity contribution in [2.75, 3.05) is 11.9 Å². The lowest BCUT2D eigenvalue weighted by atomic mass is 10.1. The van der Waals surface area contributed by atoms with Crippen molar-refractivity contribution in [2.24, 2.45) is 5.73 Å². The standard InChI is InChI=1S/C14H20N4O5/c15-13(21)16-7-1-2-11(18-14(22)23)12(20)17-10-5-3-9(8-19)4-6-10/h3-6,11,18-19H,1-2,7-8H2,(H,17,20)(H,22,23)(H3,15,16,21). The molecule has 0 saturated carbocycles. The summed E-state index contributed by atoms with van der Waals surface area (Å²) in [5.74, 6) is -0.511. The molecule has 1 aromatic rings. The number of hydrogen-bond donors (Lipinski definition) is 6. The van der Waals surface area contributed by atoms with Gasteiger partial charge in [-0.2, -0.15) is 0 Å². The predicted molar refractivity (Wildman–Crippen MR) is 82.8 cm³/mol. The number of urea groups is 1. The third-order valence-electron chi connectivity index (χ3n) is 2.99. The van der Waals surface area contributed by atoms with E-state index in [2.05, 4.69) is 16.0 Å². The van der Waals surface area contributed by atoms with Crippen LogP contribution >= 0.6 is 0 Å². The van der Waals surface area contributed by atoms with Crippen LogP contribution in [0.25, 0.3) is 0 Å². The Kier molecular flexibility index (Phi) is 7.34. The molecule has 0 radical (unpaired) electrons. The van der Waals surface area contributed by atoms with Gasteiger partial charge in [-0.05, 0) is 30.5 Å². The number of hydrogen-bond acceptors (Lipinski definition) is 4. The fourth-order valence-electron chi connectivity index (χ4n) is 1.86. The fourth-order valence-corrected chi connectivity index (χ4v) is 1.86. The number of rotatable bonds is 8. The predicted octanol–water partition coefficient (Wildman–Crippen LogP) is 0.202. The second-order valence-electron chi connectivity index (χ2n) is 4.78. The maximum Gasteiger partial charge on any atom is 0.405 e. The highest BCUT2D eigenvalue weighted by atomic mass is 16.4. The Morgan fingerprint density at radius 1 is 1.17 bits per heavy atom. The average Bonchev–Trinajstić information content (AvgIpc) is 2.50. The summed E-state index contributed by atoms with van der Waals surface area (Å²) in [6, 6.07) is 4.87. The molecular weight excluding hydrogens is 304 g/mol. The Hall–Kier alpha value is -2.81. The quantitative estimate of drug-likeness (QED) is 0.377. The monoisotopic (exact) mass is 324 g/mol. The van der Waals surface area contributed by atoms with Crippen molar-refractivity contribution in [1.82, 2.24) is 10.6 Å². The second kappa shape index (κ2) is 9.26. The summed E-state index contributed by atoms with van der Waals surface area (Å²) in [7, 11) is 0. The molecule has 23 heavy (non-hydrogen) atoms. The van der Waals surface area contributed by atoms with Gasteiger partial charge < -0.3 is 31.9 Å². The molecule has 0 saturated heterocycles. The Morgan fingerprint density at radius 2 is 1.83 bits per heavy atom. The second-order valence-corrected chi connectivity index (χ2v) is 4.78. The van der Waals surface area contributed by atoms with E-state index in [1.54, 1.807) is 24.3 Å². The van der Waals surface area contributed by atoms with E-state index in [4.69, 9.17) is 15.9 Å². The fraction of sp³-hybridized carbons (Fsp3) is 0.357. The lowest BCUT2D eigenvalue weighted by Gasteiger charge is -2.17. The minimum atomic E-state index is -1.32. The van der Waals surface area contributed by atoms with Crippen molar-refractivity contribution in [3.63, 3.8) is 0 Å². The van der Waals surface area contributed by atoms with Crippen LogP contribution in [0.5, 0.6) is 0 Å². The number of carbonyl (C=O) groups is 3. The smallest absolute Gasteiger partial charge is 0.405 e. The van der Waals surface area contributed by atoms with Crippen LogP contribution in [0.1, 0.15) is 18.4 Å². The Morgan fingerprint density at radius 3 is 2.35 bits per heavy atom. The van der Waals surface area contributed by atoms with Crippen molar-refractivity contribution >= 4 is 23.7 Å². The number of anilines is 1. The van der Waals surface area contributed by atoms with Gasteiger partial charge in [0.25, 0.3) is 0 Å². The molecule has 0 heterocycles. The number of nitrogens with two attached hydrogens (primary N) is 1. The molecule has 0 spiro atoms. The van der Waals surface area contributed by atoms with Crippen LogP contribution in [0.4, 0.5) is 15.3 Å². The van der Waals surface area contributed by atoms with Crippen LogP contribution in [0.3, 0.4) is 0 Å². The number of amides is 4. The van der Waals surface area contributed by atoms with Gasteiger partial charge in [0.2, 0.25) is 5.91 Å².